The van der Waals surface area contributed by atoms with E-state index in [1.54, 1.807) is 74.6 Å². The zero-order valence-corrected chi connectivity index (χ0v) is 44.1. The number of carbonyl (C=O) groups excluding carboxylic acids is 2. The number of alkyl halides is 6. The standard InChI is InChI=1S/C31H29F3N4O3.C31H25F3N4O/c1-18(39)19-4-10-23(11-5-19)41-24-12-6-20(7-13-24)29(40)38-28-15-9-22(17-26(28)36)30(2,31(32,33)34)21-8-14-27(37-3)25(35)16-21;1-18-4-10-23(11-5-18)39-24-12-6-20(7-13-24)29-37-26-15-9-22(17-28(26)38-29)30(3,31(32,33)34)21-8-14-25-27(16-21)36-19(2)35-25/h4-17,37H,35-36H2,1-3H3,(H,38,40);4-17H,1-3H3,(H,35,36)(H,37,38). The van der Waals surface area contributed by atoms with Gasteiger partial charge < -0.3 is 41.5 Å². The molecule has 0 fully saturated rings. The number of halogens is 6. The first-order valence-corrected chi connectivity index (χ1v) is 25.1. The summed E-state index contributed by atoms with van der Waals surface area (Å²) >= 11 is 0. The Hall–Kier alpha value is -9.58. The van der Waals surface area contributed by atoms with E-state index < -0.39 is 29.1 Å². The molecule has 2 unspecified atom stereocenters. The van der Waals surface area contributed by atoms with E-state index in [9.17, 15) is 35.9 Å². The third kappa shape index (κ3) is 11.2. The van der Waals surface area contributed by atoms with Gasteiger partial charge >= 0.3 is 12.4 Å². The molecule has 10 aromatic rings. The van der Waals surface area contributed by atoms with Crippen LogP contribution in [0.25, 0.3) is 33.5 Å². The number of anilines is 4. The third-order valence-corrected chi connectivity index (χ3v) is 14.1. The Kier molecular flexibility index (Phi) is 15.0. The van der Waals surface area contributed by atoms with E-state index in [1.165, 1.54) is 74.5 Å². The smallest absolute Gasteiger partial charge is 0.402 e. The molecule has 2 aromatic heterocycles. The Labute approximate surface area is 456 Å². The summed E-state index contributed by atoms with van der Waals surface area (Å²) < 4.78 is 99.2. The van der Waals surface area contributed by atoms with E-state index in [-0.39, 0.29) is 50.7 Å². The second kappa shape index (κ2) is 21.7. The summed E-state index contributed by atoms with van der Waals surface area (Å²) in [6, 6.07) is 45.4. The number of aromatic amines is 2. The number of nitrogens with two attached hydrogens (primary N) is 2. The number of hydrogen-bond acceptors (Lipinski definition) is 9. The number of hydrogen-bond donors (Lipinski definition) is 6. The van der Waals surface area contributed by atoms with Gasteiger partial charge in [-0.15, -0.1) is 0 Å². The van der Waals surface area contributed by atoms with Crippen LogP contribution in [0.2, 0.25) is 0 Å². The normalized spacial score (nSPS) is 13.2. The first kappa shape index (κ1) is 55.2. The molecule has 12 nitrogen and oxygen atoms in total. The zero-order chi connectivity index (χ0) is 57.3. The summed E-state index contributed by atoms with van der Waals surface area (Å²) in [7, 11) is 1.63. The number of aryl methyl sites for hydroxylation is 2. The van der Waals surface area contributed by atoms with Crippen molar-refractivity contribution in [3.8, 4) is 34.4 Å². The molecule has 0 spiro atoms. The van der Waals surface area contributed by atoms with Crippen LogP contribution in [-0.2, 0) is 10.8 Å². The Morgan fingerprint density at radius 3 is 1.39 bits per heavy atom. The number of fused-ring (bicyclic) bond motifs is 2. The number of nitrogens with one attached hydrogen (secondary N) is 4. The monoisotopic (exact) mass is 1090 g/mol. The minimum atomic E-state index is -4.67. The average molecular weight is 1090 g/mol. The second-order valence-corrected chi connectivity index (χ2v) is 19.6. The van der Waals surface area contributed by atoms with E-state index in [0.29, 0.717) is 62.2 Å². The molecule has 0 radical (unpaired) electrons. The summed E-state index contributed by atoms with van der Waals surface area (Å²) in [4.78, 5) is 39.5. The number of benzene rings is 8. The molecule has 0 aliphatic heterocycles. The fourth-order valence-electron chi connectivity index (χ4n) is 9.17. The second-order valence-electron chi connectivity index (χ2n) is 19.6. The predicted octanol–water partition coefficient (Wildman–Crippen LogP) is 15.4. The number of imidazole rings is 2. The minimum absolute atomic E-state index is 0.0277. The van der Waals surface area contributed by atoms with Gasteiger partial charge in [0, 0.05) is 23.7 Å². The Morgan fingerprint density at radius 1 is 0.512 bits per heavy atom. The van der Waals surface area contributed by atoms with Crippen molar-refractivity contribution in [2.45, 2.75) is 57.8 Å². The molecule has 10 rings (SSSR count). The number of H-pyrrole nitrogens is 2. The van der Waals surface area contributed by atoms with Crippen LogP contribution in [0.1, 0.15) is 75.1 Å². The number of nitrogen functional groups attached to an aromatic ring is 2. The highest BCUT2D eigenvalue weighted by Gasteiger charge is 2.55. The molecule has 2 heterocycles. The maximum atomic E-state index is 14.7. The molecular formula is C62H54F6N8O4. The molecule has 1 amide bonds. The Morgan fingerprint density at radius 2 is 0.925 bits per heavy atom. The number of ether oxygens (including phenoxy) is 2. The number of carbonyl (C=O) groups is 2. The first-order chi connectivity index (χ1) is 37.9. The van der Waals surface area contributed by atoms with E-state index in [0.717, 1.165) is 23.8 Å². The van der Waals surface area contributed by atoms with Crippen LogP contribution < -0.4 is 31.6 Å². The summed E-state index contributed by atoms with van der Waals surface area (Å²) in [5.41, 5.74) is 13.5. The fourth-order valence-corrected chi connectivity index (χ4v) is 9.17. The van der Waals surface area contributed by atoms with E-state index in [1.807, 2.05) is 55.5 Å². The molecule has 0 aliphatic rings. The van der Waals surface area contributed by atoms with Crippen molar-refractivity contribution in [3.05, 3.63) is 215 Å². The van der Waals surface area contributed by atoms with Gasteiger partial charge in [-0.25, -0.2) is 9.97 Å². The van der Waals surface area contributed by atoms with Crippen LogP contribution in [0.5, 0.6) is 23.0 Å². The van der Waals surface area contributed by atoms with Gasteiger partial charge in [0.15, 0.2) is 5.78 Å². The molecule has 80 heavy (non-hydrogen) atoms. The summed E-state index contributed by atoms with van der Waals surface area (Å²) in [6.07, 6.45) is -9.21. The summed E-state index contributed by atoms with van der Waals surface area (Å²) in [6.45, 7) is 7.54. The van der Waals surface area contributed by atoms with Gasteiger partial charge in [-0.05, 0) is 190 Å². The highest BCUT2D eigenvalue weighted by atomic mass is 19.4. The number of ketones is 1. The predicted molar refractivity (Wildman–Crippen MR) is 301 cm³/mol. The lowest BCUT2D eigenvalue weighted by molar-refractivity contribution is -0.173. The molecule has 408 valence electrons. The van der Waals surface area contributed by atoms with E-state index in [4.69, 9.17) is 20.9 Å². The van der Waals surface area contributed by atoms with Crippen LogP contribution in [0.3, 0.4) is 0 Å². The number of rotatable bonds is 13. The lowest BCUT2D eigenvalue weighted by Crippen LogP contribution is -2.40. The van der Waals surface area contributed by atoms with Crippen molar-refractivity contribution in [2.24, 2.45) is 0 Å². The first-order valence-electron chi connectivity index (χ1n) is 25.1. The van der Waals surface area contributed by atoms with Crippen molar-refractivity contribution in [1.82, 2.24) is 19.9 Å². The van der Waals surface area contributed by atoms with Gasteiger partial charge in [-0.2, -0.15) is 26.3 Å². The maximum absolute atomic E-state index is 14.7. The van der Waals surface area contributed by atoms with Crippen LogP contribution in [0.4, 0.5) is 49.1 Å². The zero-order valence-electron chi connectivity index (χ0n) is 44.1. The van der Waals surface area contributed by atoms with Crippen LogP contribution in [0.15, 0.2) is 170 Å². The number of nitrogens with zero attached hydrogens (tertiary/aromatic N) is 2. The molecule has 0 saturated carbocycles. The van der Waals surface area contributed by atoms with Crippen molar-refractivity contribution >= 4 is 56.5 Å². The van der Waals surface area contributed by atoms with Gasteiger partial charge in [0.1, 0.15) is 45.5 Å². The number of aromatic nitrogens is 4. The van der Waals surface area contributed by atoms with Gasteiger partial charge in [0.2, 0.25) is 0 Å². The van der Waals surface area contributed by atoms with Crippen molar-refractivity contribution < 1.29 is 45.4 Å². The fraction of sp³-hybridized carbons (Fsp3) is 0.161. The maximum Gasteiger partial charge on any atom is 0.402 e. The molecule has 8 N–H and O–H groups in total. The third-order valence-electron chi connectivity index (χ3n) is 14.1. The number of amides is 1. The summed E-state index contributed by atoms with van der Waals surface area (Å²) in [5.74, 6) is 3.05. The van der Waals surface area contributed by atoms with Gasteiger partial charge in [0.05, 0.1) is 44.8 Å². The molecule has 0 bridgehead atoms. The average Bonchev–Trinajstić information content (AvgIpc) is 4.05. The van der Waals surface area contributed by atoms with E-state index >= 15 is 0 Å². The van der Waals surface area contributed by atoms with Crippen LogP contribution >= 0.6 is 0 Å². The van der Waals surface area contributed by atoms with Crippen molar-refractivity contribution in [3.63, 3.8) is 0 Å². The van der Waals surface area contributed by atoms with E-state index in [2.05, 4.69) is 30.6 Å². The highest BCUT2D eigenvalue weighted by Crippen LogP contribution is 2.49. The lowest BCUT2D eigenvalue weighted by atomic mass is 9.75. The molecule has 0 saturated heterocycles. The van der Waals surface area contributed by atoms with Crippen LogP contribution in [0, 0.1) is 13.8 Å². The van der Waals surface area contributed by atoms with Gasteiger partial charge in [0.25, 0.3) is 5.91 Å². The highest BCUT2D eigenvalue weighted by molar-refractivity contribution is 6.06. The number of Topliss-reactive ketones (excluding diaryl/α,β-unsaturated/α-hetero) is 1. The molecule has 18 heteroatoms. The Bertz CT molecular complexity index is 3900. The molecular weight excluding hydrogens is 1030 g/mol. The van der Waals surface area contributed by atoms with Crippen molar-refractivity contribution in [1.29, 1.82) is 0 Å². The largest absolute Gasteiger partial charge is 0.457 e. The molecule has 2 atom stereocenters. The summed E-state index contributed by atoms with van der Waals surface area (Å²) in [5, 5.41) is 5.48. The Balaban J connectivity index is 0.000000194. The lowest BCUT2D eigenvalue weighted by Gasteiger charge is -2.34. The van der Waals surface area contributed by atoms with Gasteiger partial charge in [-0.1, -0.05) is 42.0 Å². The minimum Gasteiger partial charge on any atom is -0.457 e. The molecule has 0 aliphatic carbocycles. The SMILES string of the molecule is CNc1ccc(C(C)(c2ccc(NC(=O)c3ccc(Oc4ccc(C(C)=O)cc4)cc3)c(N)c2)C(F)(F)F)cc1N.Cc1ccc(Oc2ccc(-c3nc4ccc(C(C)(c5ccc6nc(C)[nH]c6c5)C(F)(F)F)cc4[nH]3)cc2)cc1. The molecule has 8 aromatic carbocycles. The topological polar surface area (TPSA) is 186 Å². The quantitative estimate of drug-likeness (QED) is 0.0371. The van der Waals surface area contributed by atoms with Crippen molar-refractivity contribution in [2.75, 3.05) is 29.1 Å². The van der Waals surface area contributed by atoms with Gasteiger partial charge in [-0.3, -0.25) is 9.59 Å². The van der Waals surface area contributed by atoms with Crippen LogP contribution in [-0.4, -0.2) is 51.0 Å².